The van der Waals surface area contributed by atoms with E-state index in [0.29, 0.717) is 0 Å². The second-order valence-corrected chi connectivity index (χ2v) is 2.41. The van der Waals surface area contributed by atoms with Gasteiger partial charge in [-0.3, -0.25) is 4.79 Å². The Balaban J connectivity index is 0.000000720. The molecule has 1 aromatic carbocycles. The normalized spacial score (nSPS) is 8.62. The molecule has 0 aliphatic carbocycles. The summed E-state index contributed by atoms with van der Waals surface area (Å²) in [5.74, 6) is 0. The summed E-state index contributed by atoms with van der Waals surface area (Å²) in [6, 6.07) is 11.0. The van der Waals surface area contributed by atoms with Crippen molar-refractivity contribution < 1.29 is 19.5 Å². The van der Waals surface area contributed by atoms with Gasteiger partial charge in [-0.25, -0.2) is 0 Å². The number of benzene rings is 1. The summed E-state index contributed by atoms with van der Waals surface area (Å²) >= 11 is 0. The van der Waals surface area contributed by atoms with Crippen LogP contribution in [-0.2, 0) is 19.5 Å². The van der Waals surface area contributed by atoms with Crippen molar-refractivity contribution in [2.75, 3.05) is 0 Å². The molecule has 2 nitrogen and oxygen atoms in total. The third-order valence-electron chi connectivity index (χ3n) is 1.63. The number of aromatic amines is 1. The fourth-order valence-electron chi connectivity index (χ4n) is 1.10. The molecule has 0 fully saturated rings. The topological polar surface area (TPSA) is 32.9 Å². The number of hydrogen-bond acceptors (Lipinski definition) is 1. The zero-order valence-corrected chi connectivity index (χ0v) is 10.8. The predicted molar refractivity (Wildman–Crippen MR) is 51.8 cm³/mol. The first kappa shape index (κ1) is 12.3. The Hall–Kier alpha value is -0.657. The Morgan fingerprint density at radius 1 is 1.00 bits per heavy atom. The largest absolute Gasteiger partial charge is 0.322 e. The average Bonchev–Trinajstić information content (AvgIpc) is 2.04. The van der Waals surface area contributed by atoms with Gasteiger partial charge in [-0.15, -0.1) is 12.4 Å². The summed E-state index contributed by atoms with van der Waals surface area (Å²) in [4.78, 5) is 13.6. The molecule has 0 aliphatic rings. The van der Waals surface area contributed by atoms with E-state index < -0.39 is 0 Å². The minimum atomic E-state index is -0.0521. The van der Waals surface area contributed by atoms with Crippen LogP contribution in [0.5, 0.6) is 0 Å². The molecular weight excluding hydrogens is 239 g/mol. The molecule has 0 unspecified atom stereocenters. The molecule has 2 rings (SSSR count). The van der Waals surface area contributed by atoms with Gasteiger partial charge in [0.1, 0.15) is 0 Å². The fourth-order valence-corrected chi connectivity index (χ4v) is 1.10. The summed E-state index contributed by atoms with van der Waals surface area (Å²) < 4.78 is 0. The second-order valence-electron chi connectivity index (χ2n) is 2.41. The van der Waals surface area contributed by atoms with Crippen molar-refractivity contribution in [3.05, 3.63) is 46.8 Å². The third kappa shape index (κ3) is 2.65. The molecule has 0 atom stereocenters. The van der Waals surface area contributed by atoms with E-state index in [1.165, 1.54) is 6.07 Å². The summed E-state index contributed by atoms with van der Waals surface area (Å²) in [5.41, 5.74) is 0.837. The number of rotatable bonds is 0. The smallest absolute Gasteiger partial charge is 0.248 e. The molecule has 0 saturated heterocycles. The Morgan fingerprint density at radius 3 is 2.46 bits per heavy atom. The van der Waals surface area contributed by atoms with Gasteiger partial charge >= 0.3 is 0 Å². The quantitative estimate of drug-likeness (QED) is 0.709. The monoisotopic (exact) mass is 245 g/mol. The molecular formula is C9H8ClNOZn. The van der Waals surface area contributed by atoms with Gasteiger partial charge in [0.05, 0.1) is 0 Å². The van der Waals surface area contributed by atoms with E-state index >= 15 is 0 Å². The molecule has 1 aromatic heterocycles. The van der Waals surface area contributed by atoms with Crippen LogP contribution in [0.1, 0.15) is 0 Å². The van der Waals surface area contributed by atoms with Crippen LogP contribution in [0.15, 0.2) is 41.2 Å². The van der Waals surface area contributed by atoms with Gasteiger partial charge in [-0.2, -0.15) is 0 Å². The van der Waals surface area contributed by atoms with Gasteiger partial charge in [0.2, 0.25) is 5.56 Å². The van der Waals surface area contributed by atoms with E-state index in [1.807, 2.05) is 30.3 Å². The van der Waals surface area contributed by atoms with Gasteiger partial charge in [-0.1, -0.05) is 18.2 Å². The molecule has 0 amide bonds. The molecule has 0 radical (unpaired) electrons. The molecule has 0 saturated carbocycles. The number of aromatic nitrogens is 1. The minimum Gasteiger partial charge on any atom is -0.322 e. The third-order valence-corrected chi connectivity index (χ3v) is 1.63. The van der Waals surface area contributed by atoms with Gasteiger partial charge in [0, 0.05) is 31.1 Å². The van der Waals surface area contributed by atoms with E-state index in [0.717, 1.165) is 10.9 Å². The molecule has 64 valence electrons. The minimum absolute atomic E-state index is 0. The summed E-state index contributed by atoms with van der Waals surface area (Å²) in [6.45, 7) is 0. The second kappa shape index (κ2) is 5.15. The van der Waals surface area contributed by atoms with Crippen LogP contribution >= 0.6 is 12.4 Å². The van der Waals surface area contributed by atoms with E-state index in [-0.39, 0.29) is 37.4 Å². The number of fused-ring (bicyclic) bond motifs is 1. The van der Waals surface area contributed by atoms with Crippen molar-refractivity contribution in [1.82, 2.24) is 4.98 Å². The number of hydrogen-bond donors (Lipinski definition) is 1. The van der Waals surface area contributed by atoms with E-state index in [1.54, 1.807) is 0 Å². The molecule has 1 N–H and O–H groups in total. The number of para-hydroxylation sites is 1. The van der Waals surface area contributed by atoms with Crippen LogP contribution < -0.4 is 5.56 Å². The van der Waals surface area contributed by atoms with Crippen molar-refractivity contribution in [1.29, 1.82) is 0 Å². The first-order chi connectivity index (χ1) is 5.36. The first-order valence-corrected chi connectivity index (χ1v) is 3.44. The maximum absolute atomic E-state index is 10.8. The summed E-state index contributed by atoms with van der Waals surface area (Å²) in [6.07, 6.45) is 0. The first-order valence-electron chi connectivity index (χ1n) is 3.44. The molecule has 1 heterocycles. The van der Waals surface area contributed by atoms with Crippen LogP contribution in [-0.4, -0.2) is 4.98 Å². The Bertz CT molecular complexity index is 441. The molecule has 0 spiro atoms. The summed E-state index contributed by atoms with van der Waals surface area (Å²) in [7, 11) is 0. The Morgan fingerprint density at radius 2 is 1.69 bits per heavy atom. The molecule has 0 bridgehead atoms. The number of halogens is 1. The SMILES string of the molecule is Cl.O=c1ccc2ccccc2[nH]1.[Zn]. The van der Waals surface area contributed by atoms with Crippen molar-refractivity contribution in [3.8, 4) is 0 Å². The standard InChI is InChI=1S/C9H7NO.ClH.Zn/c11-9-6-5-7-3-1-2-4-8(7)10-9;;/h1-6H,(H,10,11);1H;. The molecule has 13 heavy (non-hydrogen) atoms. The number of H-pyrrole nitrogens is 1. The van der Waals surface area contributed by atoms with E-state index in [2.05, 4.69) is 4.98 Å². The maximum Gasteiger partial charge on any atom is 0.248 e. The zero-order chi connectivity index (χ0) is 7.68. The van der Waals surface area contributed by atoms with E-state index in [9.17, 15) is 4.79 Å². The zero-order valence-electron chi connectivity index (χ0n) is 6.99. The van der Waals surface area contributed by atoms with Gasteiger partial charge in [0.15, 0.2) is 0 Å². The predicted octanol–water partition coefficient (Wildman–Crippen LogP) is 1.95. The van der Waals surface area contributed by atoms with Crippen molar-refractivity contribution in [2.24, 2.45) is 0 Å². The van der Waals surface area contributed by atoms with Gasteiger partial charge in [0.25, 0.3) is 0 Å². The van der Waals surface area contributed by atoms with Crippen molar-refractivity contribution >= 4 is 23.3 Å². The van der Waals surface area contributed by atoms with E-state index in [4.69, 9.17) is 0 Å². The Labute approximate surface area is 94.5 Å². The van der Waals surface area contributed by atoms with Gasteiger partial charge < -0.3 is 4.98 Å². The van der Waals surface area contributed by atoms with Crippen LogP contribution in [0, 0.1) is 0 Å². The van der Waals surface area contributed by atoms with Crippen LogP contribution in [0.3, 0.4) is 0 Å². The van der Waals surface area contributed by atoms with Crippen LogP contribution in [0.25, 0.3) is 10.9 Å². The fraction of sp³-hybridized carbons (Fsp3) is 0. The van der Waals surface area contributed by atoms with Crippen LogP contribution in [0.4, 0.5) is 0 Å². The number of nitrogens with one attached hydrogen (secondary N) is 1. The molecule has 0 aliphatic heterocycles. The average molecular weight is 247 g/mol. The number of pyridine rings is 1. The summed E-state index contributed by atoms with van der Waals surface area (Å²) in [5, 5.41) is 1.06. The maximum atomic E-state index is 10.8. The van der Waals surface area contributed by atoms with Gasteiger partial charge in [-0.05, 0) is 17.5 Å². The Kier molecular flexibility index (Phi) is 4.89. The van der Waals surface area contributed by atoms with Crippen molar-refractivity contribution in [2.45, 2.75) is 0 Å². The van der Waals surface area contributed by atoms with Crippen LogP contribution in [0.2, 0.25) is 0 Å². The molecule has 2 aromatic rings. The van der Waals surface area contributed by atoms with Crippen molar-refractivity contribution in [3.63, 3.8) is 0 Å². The molecule has 4 heteroatoms.